The molecular formula is C20H25FN2O2. The first-order valence-electron chi connectivity index (χ1n) is 9.41. The first kappa shape index (κ1) is 16.6. The minimum atomic E-state index is -0.394. The summed E-state index contributed by atoms with van der Waals surface area (Å²) in [6, 6.07) is 5.24. The lowest BCUT2D eigenvalue weighted by Gasteiger charge is -2.38. The van der Waals surface area contributed by atoms with Gasteiger partial charge in [-0.15, -0.1) is 0 Å². The summed E-state index contributed by atoms with van der Waals surface area (Å²) in [5, 5.41) is 0. The highest BCUT2D eigenvalue weighted by atomic mass is 19.1. The summed E-state index contributed by atoms with van der Waals surface area (Å²) in [7, 11) is 0. The molecule has 1 aromatic carbocycles. The standard InChI is InChI=1S/C20H25FN2O2/c1-13-7-8-18(16(21)10-13)23-12-15(11-19(23)24)20(25)22-9-3-6-17(22)14-4-2-5-14/h7-8,10,14-15,17H,2-6,9,11-12H2,1H3. The Labute approximate surface area is 148 Å². The van der Waals surface area contributed by atoms with Crippen molar-refractivity contribution in [1.29, 1.82) is 0 Å². The molecule has 0 radical (unpaired) electrons. The van der Waals surface area contributed by atoms with Crippen LogP contribution in [-0.4, -0.2) is 35.8 Å². The summed E-state index contributed by atoms with van der Waals surface area (Å²) < 4.78 is 14.2. The Morgan fingerprint density at radius 2 is 2.00 bits per heavy atom. The fourth-order valence-electron chi connectivity index (χ4n) is 4.55. The van der Waals surface area contributed by atoms with E-state index in [0.717, 1.165) is 24.9 Å². The third-order valence-electron chi connectivity index (χ3n) is 6.14. The van der Waals surface area contributed by atoms with Crippen molar-refractivity contribution in [2.24, 2.45) is 11.8 Å². The van der Waals surface area contributed by atoms with Crippen molar-refractivity contribution in [3.63, 3.8) is 0 Å². The third kappa shape index (κ3) is 2.94. The Morgan fingerprint density at radius 3 is 2.68 bits per heavy atom. The SMILES string of the molecule is Cc1ccc(N2CC(C(=O)N3CCCC3C3CCC3)CC2=O)c(F)c1. The maximum absolute atomic E-state index is 14.2. The molecular weight excluding hydrogens is 319 g/mol. The average Bonchev–Trinajstić information content (AvgIpc) is 3.12. The van der Waals surface area contributed by atoms with Gasteiger partial charge in [0.25, 0.3) is 0 Å². The lowest BCUT2D eigenvalue weighted by atomic mass is 9.78. The van der Waals surface area contributed by atoms with Gasteiger partial charge in [0, 0.05) is 25.6 Å². The van der Waals surface area contributed by atoms with Gasteiger partial charge in [-0.25, -0.2) is 4.39 Å². The van der Waals surface area contributed by atoms with Crippen molar-refractivity contribution >= 4 is 17.5 Å². The normalized spacial score (nSPS) is 27.0. The molecule has 1 aliphatic carbocycles. The number of hydrogen-bond donors (Lipinski definition) is 0. The number of likely N-dealkylation sites (tertiary alicyclic amines) is 1. The Balaban J connectivity index is 1.48. The summed E-state index contributed by atoms with van der Waals surface area (Å²) in [6.07, 6.45) is 6.06. The Hall–Kier alpha value is -1.91. The minimum absolute atomic E-state index is 0.0952. The van der Waals surface area contributed by atoms with Crippen LogP contribution in [0, 0.1) is 24.6 Å². The van der Waals surface area contributed by atoms with E-state index in [1.54, 1.807) is 12.1 Å². The molecule has 4 rings (SSSR count). The number of anilines is 1. The zero-order chi connectivity index (χ0) is 17.6. The molecule has 0 aromatic heterocycles. The quantitative estimate of drug-likeness (QED) is 0.844. The van der Waals surface area contributed by atoms with Gasteiger partial charge in [0.15, 0.2) is 0 Å². The van der Waals surface area contributed by atoms with Crippen LogP contribution in [0.3, 0.4) is 0 Å². The highest BCUT2D eigenvalue weighted by Crippen LogP contribution is 2.38. The van der Waals surface area contributed by atoms with Crippen LogP contribution < -0.4 is 4.90 Å². The lowest BCUT2D eigenvalue weighted by Crippen LogP contribution is -2.45. The van der Waals surface area contributed by atoms with E-state index in [2.05, 4.69) is 0 Å². The molecule has 2 unspecified atom stereocenters. The molecule has 25 heavy (non-hydrogen) atoms. The molecule has 2 aliphatic heterocycles. The Bertz CT molecular complexity index is 701. The van der Waals surface area contributed by atoms with Crippen LogP contribution in [0.2, 0.25) is 0 Å². The fraction of sp³-hybridized carbons (Fsp3) is 0.600. The molecule has 0 bridgehead atoms. The van der Waals surface area contributed by atoms with E-state index in [0.29, 0.717) is 24.2 Å². The number of halogens is 1. The van der Waals surface area contributed by atoms with E-state index < -0.39 is 5.82 Å². The van der Waals surface area contributed by atoms with Crippen LogP contribution in [0.25, 0.3) is 0 Å². The minimum Gasteiger partial charge on any atom is -0.339 e. The summed E-state index contributed by atoms with van der Waals surface area (Å²) in [4.78, 5) is 28.9. The third-order valence-corrected chi connectivity index (χ3v) is 6.14. The number of rotatable bonds is 3. The van der Waals surface area contributed by atoms with E-state index in [-0.39, 0.29) is 24.2 Å². The van der Waals surface area contributed by atoms with Crippen LogP contribution in [0.4, 0.5) is 10.1 Å². The van der Waals surface area contributed by atoms with Crippen LogP contribution in [0.5, 0.6) is 0 Å². The molecule has 3 aliphatic rings. The van der Waals surface area contributed by atoms with Gasteiger partial charge >= 0.3 is 0 Å². The number of hydrogen-bond acceptors (Lipinski definition) is 2. The summed E-state index contributed by atoms with van der Waals surface area (Å²) in [5.41, 5.74) is 1.11. The van der Waals surface area contributed by atoms with Crippen LogP contribution in [-0.2, 0) is 9.59 Å². The van der Waals surface area contributed by atoms with Gasteiger partial charge in [0.2, 0.25) is 11.8 Å². The van der Waals surface area contributed by atoms with Crippen molar-refractivity contribution in [2.75, 3.05) is 18.0 Å². The van der Waals surface area contributed by atoms with Crippen LogP contribution in [0.1, 0.15) is 44.1 Å². The highest BCUT2D eigenvalue weighted by molar-refractivity contribution is 6.00. The molecule has 1 aromatic rings. The summed E-state index contributed by atoms with van der Waals surface area (Å²) in [6.45, 7) is 2.92. The zero-order valence-corrected chi connectivity index (χ0v) is 14.7. The molecule has 1 saturated carbocycles. The maximum atomic E-state index is 14.2. The van der Waals surface area contributed by atoms with Gasteiger partial charge < -0.3 is 9.80 Å². The average molecular weight is 344 g/mol. The van der Waals surface area contributed by atoms with Gasteiger partial charge in [0.1, 0.15) is 5.82 Å². The van der Waals surface area contributed by atoms with E-state index in [4.69, 9.17) is 0 Å². The maximum Gasteiger partial charge on any atom is 0.228 e. The van der Waals surface area contributed by atoms with E-state index >= 15 is 0 Å². The predicted octanol–water partition coefficient (Wildman–Crippen LogP) is 3.28. The van der Waals surface area contributed by atoms with E-state index in [1.807, 2.05) is 11.8 Å². The molecule has 0 N–H and O–H groups in total. The highest BCUT2D eigenvalue weighted by Gasteiger charge is 2.43. The molecule has 2 saturated heterocycles. The van der Waals surface area contributed by atoms with Gasteiger partial charge in [-0.3, -0.25) is 9.59 Å². The molecule has 3 fully saturated rings. The lowest BCUT2D eigenvalue weighted by molar-refractivity contribution is -0.138. The predicted molar refractivity (Wildman–Crippen MR) is 93.7 cm³/mol. The smallest absolute Gasteiger partial charge is 0.228 e. The summed E-state index contributed by atoms with van der Waals surface area (Å²) in [5.74, 6) is -0.142. The van der Waals surface area contributed by atoms with Crippen molar-refractivity contribution in [1.82, 2.24) is 4.90 Å². The molecule has 0 spiro atoms. The number of carbonyl (C=O) groups is 2. The van der Waals surface area contributed by atoms with E-state index in [9.17, 15) is 14.0 Å². The van der Waals surface area contributed by atoms with Crippen molar-refractivity contribution < 1.29 is 14.0 Å². The second-order valence-corrected chi connectivity index (χ2v) is 7.79. The Kier molecular flexibility index (Phi) is 4.26. The first-order valence-corrected chi connectivity index (χ1v) is 9.41. The zero-order valence-electron chi connectivity index (χ0n) is 14.7. The van der Waals surface area contributed by atoms with Crippen molar-refractivity contribution in [3.05, 3.63) is 29.6 Å². The number of nitrogens with zero attached hydrogens (tertiary/aromatic N) is 2. The van der Waals surface area contributed by atoms with Gasteiger partial charge in [0.05, 0.1) is 11.6 Å². The van der Waals surface area contributed by atoms with Gasteiger partial charge in [-0.05, 0) is 56.2 Å². The number of carbonyl (C=O) groups excluding carboxylic acids is 2. The fourth-order valence-corrected chi connectivity index (χ4v) is 4.55. The second kappa shape index (κ2) is 6.43. The van der Waals surface area contributed by atoms with E-state index in [1.165, 1.54) is 30.2 Å². The molecule has 4 nitrogen and oxygen atoms in total. The molecule has 2 amide bonds. The van der Waals surface area contributed by atoms with Crippen molar-refractivity contribution in [2.45, 2.75) is 51.5 Å². The number of aryl methyl sites for hydroxylation is 1. The molecule has 134 valence electrons. The van der Waals surface area contributed by atoms with Crippen molar-refractivity contribution in [3.8, 4) is 0 Å². The largest absolute Gasteiger partial charge is 0.339 e. The first-order chi connectivity index (χ1) is 12.0. The monoisotopic (exact) mass is 344 g/mol. The number of amides is 2. The molecule has 2 atom stereocenters. The topological polar surface area (TPSA) is 40.6 Å². The number of benzene rings is 1. The van der Waals surface area contributed by atoms with Gasteiger partial charge in [-0.2, -0.15) is 0 Å². The molecule has 5 heteroatoms. The van der Waals surface area contributed by atoms with Crippen LogP contribution >= 0.6 is 0 Å². The Morgan fingerprint density at radius 1 is 1.20 bits per heavy atom. The van der Waals surface area contributed by atoms with Gasteiger partial charge in [-0.1, -0.05) is 12.5 Å². The second-order valence-electron chi connectivity index (χ2n) is 7.79. The molecule has 2 heterocycles. The summed E-state index contributed by atoms with van der Waals surface area (Å²) >= 11 is 0. The van der Waals surface area contributed by atoms with Crippen LogP contribution in [0.15, 0.2) is 18.2 Å².